The van der Waals surface area contributed by atoms with Crippen LogP contribution in [0.5, 0.6) is 0 Å². The molecule has 1 aromatic heterocycles. The number of hydrazone groups is 1. The number of aromatic nitrogens is 2. The molecule has 0 aliphatic rings. The summed E-state index contributed by atoms with van der Waals surface area (Å²) in [5, 5.41) is 9.59. The van der Waals surface area contributed by atoms with Gasteiger partial charge in [0, 0.05) is 5.02 Å². The molecule has 0 aliphatic heterocycles. The molecule has 23 heavy (non-hydrogen) atoms. The van der Waals surface area contributed by atoms with Crippen molar-refractivity contribution in [1.82, 2.24) is 15.0 Å². The highest BCUT2D eigenvalue weighted by Gasteiger charge is 2.25. The van der Waals surface area contributed by atoms with Gasteiger partial charge in [-0.05, 0) is 24.6 Å². The van der Waals surface area contributed by atoms with Crippen molar-refractivity contribution in [1.29, 1.82) is 0 Å². The zero-order valence-electron chi connectivity index (χ0n) is 12.0. The first kappa shape index (κ1) is 17.0. The number of carbonyl (C=O) groups excluding carboxylic acids is 1. The van der Waals surface area contributed by atoms with Gasteiger partial charge in [0.25, 0.3) is 10.0 Å². The third-order valence-corrected chi connectivity index (χ3v) is 4.07. The van der Waals surface area contributed by atoms with Crippen LogP contribution in [0.25, 0.3) is 0 Å². The van der Waals surface area contributed by atoms with Gasteiger partial charge in [0.05, 0.1) is 19.0 Å². The first-order valence-electron chi connectivity index (χ1n) is 6.45. The number of carbonyl (C=O) groups is 1. The highest BCUT2D eigenvalue weighted by molar-refractivity contribution is 7.89. The second-order valence-electron chi connectivity index (χ2n) is 4.24. The number of rotatable bonds is 6. The van der Waals surface area contributed by atoms with E-state index >= 15 is 0 Å². The Morgan fingerprint density at radius 2 is 2.13 bits per heavy atom. The minimum absolute atomic E-state index is 0.117. The van der Waals surface area contributed by atoms with Crippen LogP contribution in [0.15, 0.2) is 40.6 Å². The highest BCUT2D eigenvalue weighted by Crippen LogP contribution is 2.13. The van der Waals surface area contributed by atoms with Gasteiger partial charge in [0.1, 0.15) is 5.56 Å². The van der Waals surface area contributed by atoms with Crippen LogP contribution >= 0.6 is 11.6 Å². The molecule has 0 bridgehead atoms. The number of hydrogen-bond acceptors (Lipinski definition) is 6. The molecule has 122 valence electrons. The SMILES string of the molecule is CCOC(=O)c1cn[nH]c1S(=O)(=O)N/N=C/c1ccc(Cl)cc1. The molecule has 10 heteroatoms. The van der Waals surface area contributed by atoms with E-state index in [2.05, 4.69) is 15.3 Å². The summed E-state index contributed by atoms with van der Waals surface area (Å²) in [6.07, 6.45) is 2.38. The van der Waals surface area contributed by atoms with Crippen LogP contribution in [0.4, 0.5) is 0 Å². The van der Waals surface area contributed by atoms with Crippen molar-refractivity contribution in [3.8, 4) is 0 Å². The van der Waals surface area contributed by atoms with Crippen LogP contribution in [0, 0.1) is 0 Å². The Bertz CT molecular complexity index is 815. The number of aromatic amines is 1. The van der Waals surface area contributed by atoms with Crippen LogP contribution in [0.3, 0.4) is 0 Å². The van der Waals surface area contributed by atoms with Crippen LogP contribution < -0.4 is 4.83 Å². The van der Waals surface area contributed by atoms with E-state index in [-0.39, 0.29) is 12.2 Å². The van der Waals surface area contributed by atoms with Crippen molar-refractivity contribution in [2.24, 2.45) is 5.10 Å². The Balaban J connectivity index is 2.15. The summed E-state index contributed by atoms with van der Waals surface area (Å²) in [6.45, 7) is 1.73. The Morgan fingerprint density at radius 3 is 2.78 bits per heavy atom. The van der Waals surface area contributed by atoms with Gasteiger partial charge >= 0.3 is 5.97 Å². The molecule has 0 radical (unpaired) electrons. The molecular formula is C13H13ClN4O4S. The standard InChI is InChI=1S/C13H13ClN4O4S/c1-2-22-13(19)11-8-15-17-12(11)23(20,21)18-16-7-9-3-5-10(14)6-4-9/h3-8,18H,2H2,1H3,(H,15,17)/b16-7+. The number of benzene rings is 1. The van der Waals surface area contributed by atoms with Crippen molar-refractivity contribution >= 4 is 33.8 Å². The lowest BCUT2D eigenvalue weighted by Gasteiger charge is -2.04. The zero-order valence-corrected chi connectivity index (χ0v) is 13.6. The Hall–Kier alpha value is -2.39. The lowest BCUT2D eigenvalue weighted by atomic mass is 10.2. The molecule has 0 saturated heterocycles. The first-order valence-corrected chi connectivity index (χ1v) is 8.31. The molecule has 1 aromatic carbocycles. The number of H-pyrrole nitrogens is 1. The minimum Gasteiger partial charge on any atom is -0.462 e. The number of hydrogen-bond donors (Lipinski definition) is 2. The monoisotopic (exact) mass is 356 g/mol. The average Bonchev–Trinajstić information content (AvgIpc) is 3.00. The molecule has 0 amide bonds. The van der Waals surface area contributed by atoms with Gasteiger partial charge < -0.3 is 4.74 Å². The minimum atomic E-state index is -4.08. The smallest absolute Gasteiger partial charge is 0.342 e. The van der Waals surface area contributed by atoms with Crippen LogP contribution in [0.2, 0.25) is 5.02 Å². The fourth-order valence-electron chi connectivity index (χ4n) is 1.60. The van der Waals surface area contributed by atoms with Gasteiger partial charge in [-0.2, -0.15) is 23.4 Å². The molecule has 0 spiro atoms. The van der Waals surface area contributed by atoms with Crippen LogP contribution in [-0.4, -0.2) is 37.4 Å². The van der Waals surface area contributed by atoms with E-state index in [0.29, 0.717) is 10.6 Å². The molecule has 1 heterocycles. The molecule has 0 unspecified atom stereocenters. The van der Waals surface area contributed by atoms with Crippen molar-refractivity contribution in [3.63, 3.8) is 0 Å². The molecule has 8 nitrogen and oxygen atoms in total. The third kappa shape index (κ3) is 4.30. The molecular weight excluding hydrogens is 344 g/mol. The van der Waals surface area contributed by atoms with Gasteiger partial charge in [0.15, 0.2) is 5.03 Å². The number of nitrogens with zero attached hydrogens (tertiary/aromatic N) is 2. The predicted octanol–water partition coefficient (Wildman–Crippen LogP) is 1.55. The van der Waals surface area contributed by atoms with Gasteiger partial charge in [-0.15, -0.1) is 0 Å². The quantitative estimate of drug-likeness (QED) is 0.463. The highest BCUT2D eigenvalue weighted by atomic mass is 35.5. The molecule has 0 fully saturated rings. The Morgan fingerprint density at radius 1 is 1.43 bits per heavy atom. The lowest BCUT2D eigenvalue weighted by molar-refractivity contribution is 0.0522. The number of sulfonamides is 1. The van der Waals surface area contributed by atoms with E-state index in [4.69, 9.17) is 16.3 Å². The van der Waals surface area contributed by atoms with E-state index in [1.165, 1.54) is 6.21 Å². The lowest BCUT2D eigenvalue weighted by Crippen LogP contribution is -2.21. The van der Waals surface area contributed by atoms with Crippen molar-refractivity contribution < 1.29 is 17.9 Å². The molecule has 0 aliphatic carbocycles. The predicted molar refractivity (Wildman–Crippen MR) is 83.9 cm³/mol. The van der Waals surface area contributed by atoms with Crippen molar-refractivity contribution in [2.45, 2.75) is 11.9 Å². The average molecular weight is 357 g/mol. The maximum absolute atomic E-state index is 12.1. The Kier molecular flexibility index (Phi) is 5.35. The van der Waals surface area contributed by atoms with Crippen molar-refractivity contribution in [2.75, 3.05) is 6.61 Å². The van der Waals surface area contributed by atoms with Gasteiger partial charge in [0.2, 0.25) is 0 Å². The van der Waals surface area contributed by atoms with E-state index in [1.807, 2.05) is 4.83 Å². The fraction of sp³-hybridized carbons (Fsp3) is 0.154. The molecule has 2 rings (SSSR count). The molecule has 0 saturated carbocycles. The summed E-state index contributed by atoms with van der Waals surface area (Å²) in [7, 11) is -4.08. The largest absolute Gasteiger partial charge is 0.462 e. The Labute approximate surface area is 137 Å². The van der Waals surface area contributed by atoms with Gasteiger partial charge in [-0.1, -0.05) is 23.7 Å². The zero-order chi connectivity index (χ0) is 16.9. The maximum Gasteiger partial charge on any atom is 0.342 e. The van der Waals surface area contributed by atoms with E-state index < -0.39 is 21.0 Å². The normalized spacial score (nSPS) is 11.6. The van der Waals surface area contributed by atoms with Crippen molar-refractivity contribution in [3.05, 3.63) is 46.6 Å². The first-order chi connectivity index (χ1) is 10.9. The molecule has 0 atom stereocenters. The fourth-order valence-corrected chi connectivity index (χ4v) is 2.61. The van der Waals surface area contributed by atoms with E-state index in [0.717, 1.165) is 6.20 Å². The number of nitrogens with one attached hydrogen (secondary N) is 2. The van der Waals surface area contributed by atoms with Crippen LogP contribution in [-0.2, 0) is 14.8 Å². The van der Waals surface area contributed by atoms with Gasteiger partial charge in [-0.25, -0.2) is 4.79 Å². The van der Waals surface area contributed by atoms with E-state index in [1.54, 1.807) is 31.2 Å². The second kappa shape index (κ2) is 7.25. The summed E-state index contributed by atoms with van der Waals surface area (Å²) in [4.78, 5) is 13.7. The van der Waals surface area contributed by atoms with E-state index in [9.17, 15) is 13.2 Å². The van der Waals surface area contributed by atoms with Crippen LogP contribution in [0.1, 0.15) is 22.8 Å². The summed E-state index contributed by atoms with van der Waals surface area (Å²) in [5.41, 5.74) is 0.452. The third-order valence-electron chi connectivity index (χ3n) is 2.62. The summed E-state index contributed by atoms with van der Waals surface area (Å²) < 4.78 is 29.0. The molecule has 2 N–H and O–H groups in total. The number of esters is 1. The van der Waals surface area contributed by atoms with Gasteiger partial charge in [-0.3, -0.25) is 5.10 Å². The summed E-state index contributed by atoms with van der Waals surface area (Å²) >= 11 is 5.75. The molecule has 2 aromatic rings. The number of halogens is 1. The maximum atomic E-state index is 12.1. The topological polar surface area (TPSA) is 114 Å². The number of ether oxygens (including phenoxy) is 1. The summed E-state index contributed by atoms with van der Waals surface area (Å²) in [6, 6.07) is 6.62. The second-order valence-corrected chi connectivity index (χ2v) is 6.27. The summed E-state index contributed by atoms with van der Waals surface area (Å²) in [5.74, 6) is -0.789.